The minimum atomic E-state index is 0.598. The van der Waals surface area contributed by atoms with Gasteiger partial charge < -0.3 is 0 Å². The van der Waals surface area contributed by atoms with Crippen molar-refractivity contribution < 1.29 is 9.94 Å². The Kier molecular flexibility index (Phi) is 3.29. The number of aromatic nitrogens is 1. The molecule has 0 aliphatic rings. The predicted octanol–water partition coefficient (Wildman–Crippen LogP) is 2.36. The second-order valence-corrected chi connectivity index (χ2v) is 3.77. The number of nitrogens with zero attached hydrogens (tertiary/aromatic N) is 1. The van der Waals surface area contributed by atoms with Gasteiger partial charge in [0.1, 0.15) is 0 Å². The van der Waals surface area contributed by atoms with Crippen molar-refractivity contribution in [3.05, 3.63) is 30.1 Å². The normalized spacial score (nSPS) is 13.2. The Hall–Kier alpha value is -1.05. The first-order chi connectivity index (χ1) is 6.15. The van der Waals surface area contributed by atoms with Crippen molar-refractivity contribution in [1.29, 1.82) is 0 Å². The first kappa shape index (κ1) is 10.0. The maximum atomic E-state index is 9.07. The molecule has 0 radical (unpaired) electrons. The third-order valence-corrected chi connectivity index (χ3v) is 2.51. The molecular formula is C11H18NO+. The molecule has 0 saturated heterocycles. The van der Waals surface area contributed by atoms with Gasteiger partial charge >= 0.3 is 0 Å². The second-order valence-electron chi connectivity index (χ2n) is 3.77. The van der Waals surface area contributed by atoms with E-state index in [4.69, 9.17) is 5.21 Å². The highest BCUT2D eigenvalue weighted by Gasteiger charge is 2.14. The van der Waals surface area contributed by atoms with Gasteiger partial charge in [0.05, 0.1) is 0 Å². The molecule has 1 aromatic rings. The average molecular weight is 180 g/mol. The van der Waals surface area contributed by atoms with E-state index >= 15 is 0 Å². The lowest BCUT2D eigenvalue weighted by molar-refractivity contribution is -0.904. The van der Waals surface area contributed by atoms with Gasteiger partial charge in [0, 0.05) is 16.9 Å². The SMILES string of the molecule is CCC(c1cc[n+](O)cc1)C(C)C. The maximum Gasteiger partial charge on any atom is 0.222 e. The molecule has 1 rings (SSSR count). The van der Waals surface area contributed by atoms with Crippen LogP contribution in [0.1, 0.15) is 38.7 Å². The van der Waals surface area contributed by atoms with Crippen LogP contribution in [0.4, 0.5) is 0 Å². The van der Waals surface area contributed by atoms with Crippen molar-refractivity contribution in [2.45, 2.75) is 33.1 Å². The summed E-state index contributed by atoms with van der Waals surface area (Å²) in [5.41, 5.74) is 1.31. The van der Waals surface area contributed by atoms with Gasteiger partial charge in [0.2, 0.25) is 12.4 Å². The fourth-order valence-electron chi connectivity index (χ4n) is 1.77. The molecule has 13 heavy (non-hydrogen) atoms. The van der Waals surface area contributed by atoms with Crippen molar-refractivity contribution in [2.24, 2.45) is 5.92 Å². The summed E-state index contributed by atoms with van der Waals surface area (Å²) in [6.07, 6.45) is 4.51. The van der Waals surface area contributed by atoms with Crippen molar-refractivity contribution in [3.8, 4) is 0 Å². The summed E-state index contributed by atoms with van der Waals surface area (Å²) in [4.78, 5) is 0. The predicted molar refractivity (Wildman–Crippen MR) is 51.7 cm³/mol. The largest absolute Gasteiger partial charge is 0.285 e. The highest BCUT2D eigenvalue weighted by molar-refractivity contribution is 5.14. The molecule has 1 aromatic heterocycles. The topological polar surface area (TPSA) is 24.1 Å². The van der Waals surface area contributed by atoms with Crippen LogP contribution in [-0.2, 0) is 0 Å². The van der Waals surface area contributed by atoms with Gasteiger partial charge in [-0.05, 0) is 23.8 Å². The number of rotatable bonds is 3. The molecule has 1 heterocycles. The first-order valence-electron chi connectivity index (χ1n) is 4.85. The highest BCUT2D eigenvalue weighted by atomic mass is 16.5. The maximum absolute atomic E-state index is 9.07. The van der Waals surface area contributed by atoms with E-state index in [9.17, 15) is 0 Å². The third-order valence-electron chi connectivity index (χ3n) is 2.51. The van der Waals surface area contributed by atoms with E-state index in [-0.39, 0.29) is 0 Å². The summed E-state index contributed by atoms with van der Waals surface area (Å²) in [6.45, 7) is 6.66. The summed E-state index contributed by atoms with van der Waals surface area (Å²) < 4.78 is 1.08. The van der Waals surface area contributed by atoms with Crippen molar-refractivity contribution in [2.75, 3.05) is 0 Å². The second kappa shape index (κ2) is 4.26. The molecule has 1 N–H and O–H groups in total. The summed E-state index contributed by atoms with van der Waals surface area (Å²) in [5.74, 6) is 1.25. The van der Waals surface area contributed by atoms with Crippen LogP contribution in [0.3, 0.4) is 0 Å². The Balaban J connectivity index is 2.86. The monoisotopic (exact) mass is 180 g/mol. The van der Waals surface area contributed by atoms with Crippen LogP contribution in [0.15, 0.2) is 24.5 Å². The Morgan fingerprint density at radius 1 is 1.31 bits per heavy atom. The van der Waals surface area contributed by atoms with Crippen molar-refractivity contribution >= 4 is 0 Å². The Morgan fingerprint density at radius 3 is 2.23 bits per heavy atom. The molecule has 2 heteroatoms. The molecular weight excluding hydrogens is 162 g/mol. The zero-order valence-corrected chi connectivity index (χ0v) is 8.57. The lowest BCUT2D eigenvalue weighted by Crippen LogP contribution is -2.28. The lowest BCUT2D eigenvalue weighted by atomic mass is 9.87. The fraction of sp³-hybridized carbons (Fsp3) is 0.545. The van der Waals surface area contributed by atoms with Crippen LogP contribution in [0, 0.1) is 5.92 Å². The van der Waals surface area contributed by atoms with Gasteiger partial charge in [-0.15, -0.1) is 0 Å². The minimum absolute atomic E-state index is 0.598. The summed E-state index contributed by atoms with van der Waals surface area (Å²) in [5, 5.41) is 9.07. The molecule has 2 nitrogen and oxygen atoms in total. The molecule has 72 valence electrons. The molecule has 0 spiro atoms. The molecule has 0 bridgehead atoms. The molecule has 1 atom stereocenters. The van der Waals surface area contributed by atoms with E-state index in [1.54, 1.807) is 12.4 Å². The first-order valence-corrected chi connectivity index (χ1v) is 4.85. The standard InChI is InChI=1S/C11H18NO/c1-4-11(9(2)3)10-5-7-12(13)8-6-10/h5-9,11,13H,4H2,1-3H3/q+1. The van der Waals surface area contributed by atoms with E-state index < -0.39 is 0 Å². The zero-order chi connectivity index (χ0) is 9.84. The number of pyridine rings is 1. The quantitative estimate of drug-likeness (QED) is 0.560. The lowest BCUT2D eigenvalue weighted by Gasteiger charge is -2.18. The van der Waals surface area contributed by atoms with Gasteiger partial charge in [-0.25, -0.2) is 0 Å². The van der Waals surface area contributed by atoms with Crippen LogP contribution in [0.5, 0.6) is 0 Å². The summed E-state index contributed by atoms with van der Waals surface area (Å²) in [6, 6.07) is 3.96. The average Bonchev–Trinajstić information content (AvgIpc) is 2.09. The van der Waals surface area contributed by atoms with Crippen LogP contribution in [0.2, 0.25) is 0 Å². The van der Waals surface area contributed by atoms with Crippen molar-refractivity contribution in [1.82, 2.24) is 0 Å². The minimum Gasteiger partial charge on any atom is -0.285 e. The molecule has 0 fully saturated rings. The molecule has 0 aliphatic heterocycles. The Bertz CT molecular complexity index is 253. The van der Waals surface area contributed by atoms with E-state index in [0.29, 0.717) is 11.8 Å². The Labute approximate surface area is 79.8 Å². The molecule has 0 aromatic carbocycles. The van der Waals surface area contributed by atoms with E-state index in [1.165, 1.54) is 5.56 Å². The van der Waals surface area contributed by atoms with Gasteiger partial charge in [-0.1, -0.05) is 20.8 Å². The smallest absolute Gasteiger partial charge is 0.222 e. The fourth-order valence-corrected chi connectivity index (χ4v) is 1.77. The molecule has 0 aliphatic carbocycles. The van der Waals surface area contributed by atoms with Gasteiger partial charge in [0.25, 0.3) is 0 Å². The summed E-state index contributed by atoms with van der Waals surface area (Å²) >= 11 is 0. The third kappa shape index (κ3) is 2.44. The molecule has 0 amide bonds. The zero-order valence-electron chi connectivity index (χ0n) is 8.57. The molecule has 0 saturated carbocycles. The van der Waals surface area contributed by atoms with E-state index in [1.807, 2.05) is 12.1 Å². The van der Waals surface area contributed by atoms with Crippen LogP contribution >= 0.6 is 0 Å². The summed E-state index contributed by atoms with van der Waals surface area (Å²) in [7, 11) is 0. The van der Waals surface area contributed by atoms with Crippen molar-refractivity contribution in [3.63, 3.8) is 0 Å². The Morgan fingerprint density at radius 2 is 1.85 bits per heavy atom. The van der Waals surface area contributed by atoms with Crippen LogP contribution in [0.25, 0.3) is 0 Å². The molecule has 1 unspecified atom stereocenters. The van der Waals surface area contributed by atoms with E-state index in [2.05, 4.69) is 20.8 Å². The number of hydrogen-bond acceptors (Lipinski definition) is 1. The van der Waals surface area contributed by atoms with Gasteiger partial charge in [-0.3, -0.25) is 5.21 Å². The van der Waals surface area contributed by atoms with Gasteiger partial charge in [0.15, 0.2) is 0 Å². The number of hydrogen-bond donors (Lipinski definition) is 1. The van der Waals surface area contributed by atoms with Gasteiger partial charge in [-0.2, -0.15) is 0 Å². The van der Waals surface area contributed by atoms with Crippen LogP contribution in [-0.4, -0.2) is 5.21 Å². The highest BCUT2D eigenvalue weighted by Crippen LogP contribution is 2.26. The van der Waals surface area contributed by atoms with E-state index in [0.717, 1.165) is 11.2 Å². The van der Waals surface area contributed by atoms with Crippen LogP contribution < -0.4 is 4.73 Å².